The number of anilines is 2. The van der Waals surface area contributed by atoms with Crippen LogP contribution in [0.2, 0.25) is 0 Å². The topological polar surface area (TPSA) is 96.5 Å². The van der Waals surface area contributed by atoms with E-state index in [1.165, 1.54) is 0 Å². The van der Waals surface area contributed by atoms with Gasteiger partial charge in [-0.25, -0.2) is 15.8 Å². The Labute approximate surface area is 99.6 Å². The number of nitrogens with two attached hydrogens (primary N) is 1. The van der Waals surface area contributed by atoms with Crippen molar-refractivity contribution in [2.45, 2.75) is 19.1 Å². The Hall–Kier alpha value is -1.44. The first-order valence-corrected chi connectivity index (χ1v) is 5.49. The second-order valence-electron chi connectivity index (χ2n) is 3.99. The molecule has 0 radical (unpaired) electrons. The Morgan fingerprint density at radius 2 is 2.47 bits per heavy atom. The van der Waals surface area contributed by atoms with Crippen molar-refractivity contribution >= 4 is 11.6 Å². The highest BCUT2D eigenvalue weighted by Gasteiger charge is 2.22. The van der Waals surface area contributed by atoms with Crippen molar-refractivity contribution in [2.75, 3.05) is 30.5 Å². The van der Waals surface area contributed by atoms with Gasteiger partial charge in [0.1, 0.15) is 18.2 Å². The van der Waals surface area contributed by atoms with Gasteiger partial charge in [0.25, 0.3) is 0 Å². The van der Waals surface area contributed by atoms with Gasteiger partial charge < -0.3 is 20.2 Å². The lowest BCUT2D eigenvalue weighted by Gasteiger charge is -2.18. The predicted molar refractivity (Wildman–Crippen MR) is 63.4 cm³/mol. The molecule has 0 saturated carbocycles. The monoisotopic (exact) mass is 239 g/mol. The van der Waals surface area contributed by atoms with E-state index in [-0.39, 0.29) is 6.10 Å². The molecule has 1 aliphatic rings. The van der Waals surface area contributed by atoms with Crippen molar-refractivity contribution in [1.29, 1.82) is 0 Å². The van der Waals surface area contributed by atoms with Crippen LogP contribution in [-0.2, 0) is 11.3 Å². The van der Waals surface area contributed by atoms with Gasteiger partial charge in [0.15, 0.2) is 5.82 Å². The SMILES string of the molecule is COCc1nc(NN)cc(N2CCC(O)C2)n1. The first-order chi connectivity index (χ1) is 8.22. The molecule has 1 atom stereocenters. The molecular weight excluding hydrogens is 222 g/mol. The minimum absolute atomic E-state index is 0.287. The summed E-state index contributed by atoms with van der Waals surface area (Å²) >= 11 is 0. The Bertz CT molecular complexity index is 387. The second-order valence-corrected chi connectivity index (χ2v) is 3.99. The molecule has 1 aliphatic heterocycles. The number of hydrazine groups is 1. The van der Waals surface area contributed by atoms with Gasteiger partial charge in [0.2, 0.25) is 0 Å². The standard InChI is InChI=1S/C10H17N5O2/c1-17-6-9-12-8(14-11)4-10(13-9)15-3-2-7(16)5-15/h4,7,16H,2-3,5-6,11H2,1H3,(H,12,13,14). The van der Waals surface area contributed by atoms with Crippen LogP contribution in [0, 0.1) is 0 Å². The van der Waals surface area contributed by atoms with E-state index in [2.05, 4.69) is 15.4 Å². The van der Waals surface area contributed by atoms with E-state index in [4.69, 9.17) is 10.6 Å². The molecular formula is C10H17N5O2. The summed E-state index contributed by atoms with van der Waals surface area (Å²) in [5.41, 5.74) is 2.51. The molecule has 2 heterocycles. The van der Waals surface area contributed by atoms with Crippen molar-refractivity contribution in [3.8, 4) is 0 Å². The molecule has 0 amide bonds. The summed E-state index contributed by atoms with van der Waals surface area (Å²) in [5, 5.41) is 9.51. The predicted octanol–water partition coefficient (Wildman–Crippen LogP) is -0.520. The molecule has 0 aliphatic carbocycles. The highest BCUT2D eigenvalue weighted by atomic mass is 16.5. The lowest BCUT2D eigenvalue weighted by Crippen LogP contribution is -2.23. The molecule has 0 spiro atoms. The molecule has 7 nitrogen and oxygen atoms in total. The molecule has 1 fully saturated rings. The molecule has 1 aromatic rings. The molecule has 17 heavy (non-hydrogen) atoms. The van der Waals surface area contributed by atoms with Crippen LogP contribution in [0.3, 0.4) is 0 Å². The lowest BCUT2D eigenvalue weighted by molar-refractivity contribution is 0.178. The molecule has 4 N–H and O–H groups in total. The van der Waals surface area contributed by atoms with Crippen molar-refractivity contribution in [1.82, 2.24) is 9.97 Å². The maximum Gasteiger partial charge on any atom is 0.158 e. The maximum atomic E-state index is 9.51. The van der Waals surface area contributed by atoms with Crippen LogP contribution in [0.15, 0.2) is 6.07 Å². The third kappa shape index (κ3) is 2.82. The minimum atomic E-state index is -0.287. The van der Waals surface area contributed by atoms with Crippen LogP contribution in [0.25, 0.3) is 0 Å². The largest absolute Gasteiger partial charge is 0.391 e. The fourth-order valence-corrected chi connectivity index (χ4v) is 1.86. The molecule has 7 heteroatoms. The van der Waals surface area contributed by atoms with Gasteiger partial charge in [0.05, 0.1) is 6.10 Å². The van der Waals surface area contributed by atoms with Gasteiger partial charge in [0, 0.05) is 26.3 Å². The van der Waals surface area contributed by atoms with Crippen LogP contribution in [-0.4, -0.2) is 41.4 Å². The number of nitrogens with zero attached hydrogens (tertiary/aromatic N) is 3. The first-order valence-electron chi connectivity index (χ1n) is 5.49. The fourth-order valence-electron chi connectivity index (χ4n) is 1.86. The fraction of sp³-hybridized carbons (Fsp3) is 0.600. The summed E-state index contributed by atoms with van der Waals surface area (Å²) in [4.78, 5) is 10.5. The normalized spacial score (nSPS) is 19.7. The molecule has 1 saturated heterocycles. The van der Waals surface area contributed by atoms with Crippen molar-refractivity contribution in [2.24, 2.45) is 5.84 Å². The number of ether oxygens (including phenoxy) is 1. The van der Waals surface area contributed by atoms with Crippen molar-refractivity contribution < 1.29 is 9.84 Å². The van der Waals surface area contributed by atoms with E-state index in [1.54, 1.807) is 13.2 Å². The van der Waals surface area contributed by atoms with Crippen molar-refractivity contribution in [3.05, 3.63) is 11.9 Å². The number of β-amino-alcohol motifs (C(OH)–C–C–N with tert-alkyl or cyclic N) is 1. The number of hydrogen-bond donors (Lipinski definition) is 3. The van der Waals surface area contributed by atoms with Crippen LogP contribution in [0.1, 0.15) is 12.2 Å². The number of aliphatic hydroxyl groups is 1. The van der Waals surface area contributed by atoms with Crippen LogP contribution >= 0.6 is 0 Å². The molecule has 1 aromatic heterocycles. The Morgan fingerprint density at radius 3 is 3.06 bits per heavy atom. The number of nitrogen functional groups attached to an aromatic ring is 1. The van der Waals surface area contributed by atoms with Gasteiger partial charge in [-0.3, -0.25) is 0 Å². The first kappa shape index (κ1) is 12.0. The molecule has 2 rings (SSSR count). The van der Waals surface area contributed by atoms with Crippen LogP contribution in [0.4, 0.5) is 11.6 Å². The Morgan fingerprint density at radius 1 is 1.65 bits per heavy atom. The molecule has 1 unspecified atom stereocenters. The molecule has 94 valence electrons. The molecule has 0 bridgehead atoms. The van der Waals surface area contributed by atoms with E-state index in [0.29, 0.717) is 24.8 Å². The van der Waals surface area contributed by atoms with Crippen LogP contribution in [0.5, 0.6) is 0 Å². The zero-order chi connectivity index (χ0) is 12.3. The zero-order valence-electron chi connectivity index (χ0n) is 9.76. The lowest BCUT2D eigenvalue weighted by atomic mass is 10.3. The number of aromatic nitrogens is 2. The third-order valence-electron chi connectivity index (χ3n) is 2.67. The number of hydrogen-bond acceptors (Lipinski definition) is 7. The Balaban J connectivity index is 2.23. The maximum absolute atomic E-state index is 9.51. The summed E-state index contributed by atoms with van der Waals surface area (Å²) in [6, 6.07) is 1.76. The second kappa shape index (κ2) is 5.26. The van der Waals surface area contributed by atoms with Gasteiger partial charge >= 0.3 is 0 Å². The smallest absolute Gasteiger partial charge is 0.158 e. The van der Waals surface area contributed by atoms with E-state index < -0.39 is 0 Å². The molecule has 0 aromatic carbocycles. The summed E-state index contributed by atoms with van der Waals surface area (Å²) < 4.78 is 5.00. The summed E-state index contributed by atoms with van der Waals surface area (Å²) in [5.74, 6) is 7.24. The van der Waals surface area contributed by atoms with E-state index >= 15 is 0 Å². The summed E-state index contributed by atoms with van der Waals surface area (Å²) in [6.07, 6.45) is 0.472. The quantitative estimate of drug-likeness (QED) is 0.480. The van der Waals surface area contributed by atoms with Gasteiger partial charge in [-0.2, -0.15) is 0 Å². The highest BCUT2D eigenvalue weighted by Crippen LogP contribution is 2.20. The number of nitrogens with one attached hydrogen (secondary N) is 1. The average molecular weight is 239 g/mol. The number of aliphatic hydroxyl groups excluding tert-OH is 1. The Kier molecular flexibility index (Phi) is 3.72. The minimum Gasteiger partial charge on any atom is -0.391 e. The number of methoxy groups -OCH3 is 1. The number of rotatable bonds is 4. The van der Waals surface area contributed by atoms with Crippen molar-refractivity contribution in [3.63, 3.8) is 0 Å². The van der Waals surface area contributed by atoms with E-state index in [1.807, 2.05) is 4.90 Å². The van der Waals surface area contributed by atoms with Gasteiger partial charge in [-0.15, -0.1) is 0 Å². The zero-order valence-corrected chi connectivity index (χ0v) is 9.76. The average Bonchev–Trinajstić information content (AvgIpc) is 2.76. The third-order valence-corrected chi connectivity index (χ3v) is 2.67. The summed E-state index contributed by atoms with van der Waals surface area (Å²) in [7, 11) is 1.59. The van der Waals surface area contributed by atoms with Crippen LogP contribution < -0.4 is 16.2 Å². The summed E-state index contributed by atoms with van der Waals surface area (Å²) in [6.45, 7) is 1.71. The highest BCUT2D eigenvalue weighted by molar-refractivity contribution is 5.49. The van der Waals surface area contributed by atoms with Gasteiger partial charge in [-0.05, 0) is 6.42 Å². The van der Waals surface area contributed by atoms with E-state index in [0.717, 1.165) is 18.8 Å². The van der Waals surface area contributed by atoms with E-state index in [9.17, 15) is 5.11 Å². The van der Waals surface area contributed by atoms with Gasteiger partial charge in [-0.1, -0.05) is 0 Å².